The summed E-state index contributed by atoms with van der Waals surface area (Å²) in [5.41, 5.74) is 11.7. The van der Waals surface area contributed by atoms with E-state index in [1.807, 2.05) is 79.0 Å². The number of benzene rings is 3. The molecule has 4 aromatic rings. The number of aromatic amines is 1. The number of H-pyrrole nitrogens is 1. The van der Waals surface area contributed by atoms with E-state index in [0.29, 0.717) is 19.5 Å². The number of fused-ring (bicyclic) bond motifs is 2. The van der Waals surface area contributed by atoms with Crippen LogP contribution in [0.2, 0.25) is 0 Å². The van der Waals surface area contributed by atoms with Crippen LogP contribution >= 0.6 is 0 Å². The molecule has 1 aliphatic heterocycles. The van der Waals surface area contributed by atoms with Gasteiger partial charge in [-0.1, -0.05) is 66.7 Å². The summed E-state index contributed by atoms with van der Waals surface area (Å²) in [4.78, 5) is 23.9. The number of aliphatic imine (C=N–C) groups is 1. The zero-order chi connectivity index (χ0) is 21.2. The van der Waals surface area contributed by atoms with Crippen molar-refractivity contribution in [3.8, 4) is 0 Å². The zero-order valence-electron chi connectivity index (χ0n) is 17.2. The van der Waals surface area contributed by atoms with Crippen molar-refractivity contribution in [1.29, 1.82) is 0 Å². The molecule has 1 atom stereocenters. The molecule has 5 heteroatoms. The van der Waals surface area contributed by atoms with Gasteiger partial charge < -0.3 is 15.6 Å². The molecule has 0 bridgehead atoms. The molecule has 0 aliphatic carbocycles. The van der Waals surface area contributed by atoms with Crippen LogP contribution in [-0.2, 0) is 11.2 Å². The first-order chi connectivity index (χ1) is 15.3. The molecule has 154 valence electrons. The lowest BCUT2D eigenvalue weighted by Crippen LogP contribution is -2.41. The molecule has 0 saturated heterocycles. The fraction of sp³-hybridized carbons (Fsp3) is 0.154. The van der Waals surface area contributed by atoms with E-state index in [9.17, 15) is 4.79 Å². The molecule has 0 spiro atoms. The Labute approximate surface area is 181 Å². The average molecular weight is 409 g/mol. The quantitative estimate of drug-likeness (QED) is 0.525. The molecule has 0 saturated carbocycles. The topological polar surface area (TPSA) is 74.5 Å². The average Bonchev–Trinajstić information content (AvgIpc) is 3.18. The Kier molecular flexibility index (Phi) is 5.10. The number of hydrogen-bond acceptors (Lipinski definition) is 3. The van der Waals surface area contributed by atoms with E-state index in [-0.39, 0.29) is 5.91 Å². The molecule has 1 aromatic heterocycles. The van der Waals surface area contributed by atoms with Crippen LogP contribution in [0.5, 0.6) is 0 Å². The summed E-state index contributed by atoms with van der Waals surface area (Å²) in [5.74, 6) is -0.0193. The lowest BCUT2D eigenvalue weighted by molar-refractivity contribution is -0.119. The van der Waals surface area contributed by atoms with E-state index >= 15 is 0 Å². The molecule has 0 fully saturated rings. The molecule has 0 radical (unpaired) electrons. The Hall–Kier alpha value is -3.70. The van der Waals surface area contributed by atoms with Crippen LogP contribution < -0.4 is 10.6 Å². The van der Waals surface area contributed by atoms with Crippen molar-refractivity contribution in [2.24, 2.45) is 10.7 Å². The van der Waals surface area contributed by atoms with Crippen LogP contribution in [0.15, 0.2) is 90.1 Å². The fourth-order valence-corrected chi connectivity index (χ4v) is 4.32. The Balaban J connectivity index is 1.65. The van der Waals surface area contributed by atoms with Gasteiger partial charge in [0.05, 0.1) is 11.4 Å². The van der Waals surface area contributed by atoms with Gasteiger partial charge in [0.2, 0.25) is 0 Å². The second kappa shape index (κ2) is 8.20. The molecule has 3 aromatic carbocycles. The van der Waals surface area contributed by atoms with E-state index in [2.05, 4.69) is 11.1 Å². The maximum Gasteiger partial charge on any atom is 0.252 e. The normalized spacial score (nSPS) is 16.2. The maximum atomic E-state index is 13.7. The number of carbonyl (C=O) groups is 1. The largest absolute Gasteiger partial charge is 0.361 e. The number of nitrogens with one attached hydrogen (secondary N) is 1. The van der Waals surface area contributed by atoms with Gasteiger partial charge in [-0.2, -0.15) is 0 Å². The number of hydrogen-bond donors (Lipinski definition) is 2. The van der Waals surface area contributed by atoms with Crippen molar-refractivity contribution < 1.29 is 4.79 Å². The summed E-state index contributed by atoms with van der Waals surface area (Å²) >= 11 is 0. The predicted molar refractivity (Wildman–Crippen MR) is 126 cm³/mol. The number of nitrogens with zero attached hydrogens (tertiary/aromatic N) is 2. The Morgan fingerprint density at radius 3 is 2.52 bits per heavy atom. The van der Waals surface area contributed by atoms with Gasteiger partial charge in [0.25, 0.3) is 5.91 Å². The van der Waals surface area contributed by atoms with Gasteiger partial charge in [-0.15, -0.1) is 0 Å². The fourth-order valence-electron chi connectivity index (χ4n) is 4.32. The number of benzodiazepines with no additional fused rings is 1. The van der Waals surface area contributed by atoms with Gasteiger partial charge in [-0.05, 0) is 17.7 Å². The number of rotatable bonds is 5. The molecule has 3 N–H and O–H groups in total. The van der Waals surface area contributed by atoms with Crippen molar-refractivity contribution in [2.45, 2.75) is 12.5 Å². The van der Waals surface area contributed by atoms with Crippen LogP contribution in [0.4, 0.5) is 5.69 Å². The second-order valence-corrected chi connectivity index (χ2v) is 7.72. The summed E-state index contributed by atoms with van der Waals surface area (Å²) < 4.78 is 0. The Bertz CT molecular complexity index is 1260. The van der Waals surface area contributed by atoms with Crippen molar-refractivity contribution in [3.05, 3.63) is 102 Å². The van der Waals surface area contributed by atoms with E-state index in [0.717, 1.165) is 39.0 Å². The van der Waals surface area contributed by atoms with E-state index < -0.39 is 6.04 Å². The summed E-state index contributed by atoms with van der Waals surface area (Å²) in [7, 11) is 0. The molecule has 5 nitrogen and oxygen atoms in total. The van der Waals surface area contributed by atoms with Gasteiger partial charge in [-0.3, -0.25) is 9.79 Å². The summed E-state index contributed by atoms with van der Waals surface area (Å²) in [6.07, 6.45) is 2.51. The third-order valence-electron chi connectivity index (χ3n) is 5.77. The molecule has 2 heterocycles. The summed E-state index contributed by atoms with van der Waals surface area (Å²) in [5, 5.41) is 1.12. The van der Waals surface area contributed by atoms with Crippen LogP contribution in [-0.4, -0.2) is 35.7 Å². The molecular formula is C26H24N4O. The first kappa shape index (κ1) is 19.3. The minimum Gasteiger partial charge on any atom is -0.361 e. The maximum absolute atomic E-state index is 13.7. The highest BCUT2D eigenvalue weighted by Gasteiger charge is 2.32. The summed E-state index contributed by atoms with van der Waals surface area (Å²) in [6.45, 7) is 0.846. The molecule has 5 rings (SSSR count). The highest BCUT2D eigenvalue weighted by molar-refractivity contribution is 6.20. The highest BCUT2D eigenvalue weighted by atomic mass is 16.2. The van der Waals surface area contributed by atoms with Gasteiger partial charge >= 0.3 is 0 Å². The Morgan fingerprint density at radius 2 is 1.68 bits per heavy atom. The van der Waals surface area contributed by atoms with Crippen molar-refractivity contribution in [1.82, 2.24) is 4.98 Å². The number of aromatic nitrogens is 1. The van der Waals surface area contributed by atoms with Crippen molar-refractivity contribution in [3.63, 3.8) is 0 Å². The van der Waals surface area contributed by atoms with Crippen LogP contribution in [0.1, 0.15) is 16.7 Å². The van der Waals surface area contributed by atoms with Crippen LogP contribution in [0.25, 0.3) is 10.9 Å². The molecule has 1 amide bonds. The van der Waals surface area contributed by atoms with E-state index in [1.165, 1.54) is 0 Å². The predicted octanol–water partition coefficient (Wildman–Crippen LogP) is 3.92. The van der Waals surface area contributed by atoms with E-state index in [1.54, 1.807) is 4.90 Å². The van der Waals surface area contributed by atoms with Gasteiger partial charge in [0.1, 0.15) is 6.04 Å². The monoisotopic (exact) mass is 408 g/mol. The molecule has 31 heavy (non-hydrogen) atoms. The zero-order valence-corrected chi connectivity index (χ0v) is 17.2. The standard InChI is InChI=1S/C26H24N4O/c27-14-15-30-24-13-7-5-11-21(24)25(18-8-2-1-3-9-18)29-23(26(30)31)16-19-17-28-22-12-6-4-10-20(19)22/h1-13,17,23,28H,14-16,27H2. The third-order valence-corrected chi connectivity index (χ3v) is 5.77. The number of nitrogens with two attached hydrogens (primary N) is 1. The minimum atomic E-state index is -0.534. The molecular weight excluding hydrogens is 384 g/mol. The van der Waals surface area contributed by atoms with Gasteiger partial charge in [0.15, 0.2) is 0 Å². The lowest BCUT2D eigenvalue weighted by atomic mass is 10.00. The van der Waals surface area contributed by atoms with Crippen molar-refractivity contribution >= 4 is 28.2 Å². The van der Waals surface area contributed by atoms with Gasteiger partial charge in [-0.25, -0.2) is 0 Å². The number of para-hydroxylation sites is 2. The number of anilines is 1. The van der Waals surface area contributed by atoms with E-state index in [4.69, 9.17) is 10.7 Å². The number of carbonyl (C=O) groups excluding carboxylic acids is 1. The Morgan fingerprint density at radius 1 is 0.935 bits per heavy atom. The molecule has 1 unspecified atom stereocenters. The number of amides is 1. The van der Waals surface area contributed by atoms with Gasteiger partial charge in [0, 0.05) is 47.7 Å². The van der Waals surface area contributed by atoms with Crippen molar-refractivity contribution in [2.75, 3.05) is 18.0 Å². The smallest absolute Gasteiger partial charge is 0.252 e. The second-order valence-electron chi connectivity index (χ2n) is 7.72. The minimum absolute atomic E-state index is 0.0193. The van der Waals surface area contributed by atoms with Crippen LogP contribution in [0.3, 0.4) is 0 Å². The third kappa shape index (κ3) is 3.53. The highest BCUT2D eigenvalue weighted by Crippen LogP contribution is 2.30. The molecule has 1 aliphatic rings. The first-order valence-electron chi connectivity index (χ1n) is 10.6. The van der Waals surface area contributed by atoms with Crippen LogP contribution in [0, 0.1) is 0 Å². The SMILES string of the molecule is NCCN1C(=O)C(Cc2c[nH]c3ccccc23)N=C(c2ccccc2)c2ccccc21. The summed E-state index contributed by atoms with van der Waals surface area (Å²) in [6, 6.07) is 25.6. The lowest BCUT2D eigenvalue weighted by Gasteiger charge is -2.24. The first-order valence-corrected chi connectivity index (χ1v) is 10.6.